The summed E-state index contributed by atoms with van der Waals surface area (Å²) in [6.07, 6.45) is -8.45. The fourth-order valence-electron chi connectivity index (χ4n) is 2.58. The van der Waals surface area contributed by atoms with Gasteiger partial charge in [-0.2, -0.15) is 39.5 Å². The summed E-state index contributed by atoms with van der Waals surface area (Å²) >= 11 is 0. The fraction of sp³-hybridized carbons (Fsp3) is 0.625. The summed E-state index contributed by atoms with van der Waals surface area (Å²) in [7, 11) is 0. The lowest BCUT2D eigenvalue weighted by Gasteiger charge is -2.37. The van der Waals surface area contributed by atoms with Gasteiger partial charge in [0.25, 0.3) is 0 Å². The highest BCUT2D eigenvalue weighted by atomic mass is 19.4. The molecule has 0 radical (unpaired) electrons. The van der Waals surface area contributed by atoms with Gasteiger partial charge < -0.3 is 5.11 Å². The average molecular weight is 396 g/mol. The molecule has 26 heavy (non-hydrogen) atoms. The largest absolute Gasteiger partial charge is 0.460 e. The molecule has 1 unspecified atom stereocenters. The molecule has 0 saturated heterocycles. The van der Waals surface area contributed by atoms with Crippen LogP contribution in [-0.2, 0) is 12.0 Å². The standard InChI is InChI=1S/C16H17F9O/c1-3-6-10-7-4-5-8-11(10)12(2,26)9-13(17,18)14(19,20)15(21,22)16(23,24)25/h4-5,7-8,26H,3,6,9H2,1-2H3. The van der Waals surface area contributed by atoms with Gasteiger partial charge in [-0.3, -0.25) is 0 Å². The highest BCUT2D eigenvalue weighted by Gasteiger charge is 2.81. The van der Waals surface area contributed by atoms with Gasteiger partial charge in [0.15, 0.2) is 0 Å². The van der Waals surface area contributed by atoms with Crippen LogP contribution in [0.15, 0.2) is 24.3 Å². The van der Waals surface area contributed by atoms with Crippen LogP contribution >= 0.6 is 0 Å². The normalized spacial score (nSPS) is 16.5. The van der Waals surface area contributed by atoms with E-state index < -0.39 is 36.0 Å². The molecule has 0 spiro atoms. The molecule has 1 aromatic rings. The molecule has 0 aliphatic carbocycles. The topological polar surface area (TPSA) is 20.2 Å². The molecule has 1 nitrogen and oxygen atoms in total. The molecule has 150 valence electrons. The van der Waals surface area contributed by atoms with Crippen molar-refractivity contribution in [1.29, 1.82) is 0 Å². The van der Waals surface area contributed by atoms with Crippen molar-refractivity contribution in [3.05, 3.63) is 35.4 Å². The van der Waals surface area contributed by atoms with E-state index in [-0.39, 0.29) is 12.0 Å². The van der Waals surface area contributed by atoms with Crippen LogP contribution in [0.2, 0.25) is 0 Å². The molecule has 1 rings (SSSR count). The van der Waals surface area contributed by atoms with Crippen LogP contribution in [0.4, 0.5) is 39.5 Å². The van der Waals surface area contributed by atoms with Crippen LogP contribution in [0, 0.1) is 0 Å². The Morgan fingerprint density at radius 1 is 0.846 bits per heavy atom. The van der Waals surface area contributed by atoms with Gasteiger partial charge >= 0.3 is 23.9 Å². The first-order chi connectivity index (χ1) is 11.5. The predicted molar refractivity (Wildman–Crippen MR) is 75.5 cm³/mol. The zero-order chi connectivity index (χ0) is 20.6. The summed E-state index contributed by atoms with van der Waals surface area (Å²) in [5, 5.41) is 10.2. The van der Waals surface area contributed by atoms with Crippen molar-refractivity contribution in [3.8, 4) is 0 Å². The fourth-order valence-corrected chi connectivity index (χ4v) is 2.58. The third kappa shape index (κ3) is 3.94. The minimum Gasteiger partial charge on any atom is -0.385 e. The minimum atomic E-state index is -6.97. The van der Waals surface area contributed by atoms with Crippen molar-refractivity contribution in [3.63, 3.8) is 0 Å². The van der Waals surface area contributed by atoms with E-state index in [4.69, 9.17) is 0 Å². The van der Waals surface area contributed by atoms with E-state index >= 15 is 0 Å². The van der Waals surface area contributed by atoms with Gasteiger partial charge in [-0.1, -0.05) is 37.6 Å². The first-order valence-electron chi connectivity index (χ1n) is 7.52. The van der Waals surface area contributed by atoms with E-state index in [1.165, 1.54) is 18.2 Å². The summed E-state index contributed by atoms with van der Waals surface area (Å²) in [5.41, 5.74) is -2.71. The van der Waals surface area contributed by atoms with E-state index in [0.29, 0.717) is 18.9 Å². The molecule has 0 bridgehead atoms. The molecule has 0 amide bonds. The average Bonchev–Trinajstić information content (AvgIpc) is 2.45. The van der Waals surface area contributed by atoms with Gasteiger partial charge in [-0.25, -0.2) is 0 Å². The first kappa shape index (κ1) is 22.6. The number of halogens is 9. The van der Waals surface area contributed by atoms with E-state index in [1.54, 1.807) is 6.92 Å². The van der Waals surface area contributed by atoms with Crippen molar-refractivity contribution in [2.24, 2.45) is 0 Å². The Kier molecular flexibility index (Phi) is 6.03. The van der Waals surface area contributed by atoms with Crippen LogP contribution in [0.1, 0.15) is 37.8 Å². The quantitative estimate of drug-likeness (QED) is 0.586. The Balaban J connectivity index is 3.30. The lowest BCUT2D eigenvalue weighted by molar-refractivity contribution is -0.400. The monoisotopic (exact) mass is 396 g/mol. The van der Waals surface area contributed by atoms with Gasteiger partial charge in [0.05, 0.1) is 12.0 Å². The van der Waals surface area contributed by atoms with Crippen molar-refractivity contribution < 1.29 is 44.6 Å². The number of benzene rings is 1. The molecule has 1 atom stereocenters. The van der Waals surface area contributed by atoms with Crippen molar-refractivity contribution in [2.45, 2.75) is 62.7 Å². The summed E-state index contributed by atoms with van der Waals surface area (Å²) in [4.78, 5) is 0. The van der Waals surface area contributed by atoms with Crippen LogP contribution in [0.5, 0.6) is 0 Å². The Hall–Kier alpha value is -1.45. The Morgan fingerprint density at radius 2 is 1.35 bits per heavy atom. The second kappa shape index (κ2) is 6.94. The van der Waals surface area contributed by atoms with Crippen LogP contribution in [0.25, 0.3) is 0 Å². The van der Waals surface area contributed by atoms with Gasteiger partial charge in [-0.05, 0) is 24.5 Å². The molecule has 10 heteroatoms. The zero-order valence-electron chi connectivity index (χ0n) is 13.8. The third-order valence-corrected chi connectivity index (χ3v) is 3.89. The van der Waals surface area contributed by atoms with Crippen LogP contribution < -0.4 is 0 Å². The third-order valence-electron chi connectivity index (χ3n) is 3.89. The van der Waals surface area contributed by atoms with Gasteiger partial charge in [0, 0.05) is 0 Å². The number of rotatable bonds is 7. The molecular weight excluding hydrogens is 379 g/mol. The molecule has 0 aliphatic heterocycles. The van der Waals surface area contributed by atoms with Crippen molar-refractivity contribution in [1.82, 2.24) is 0 Å². The maximum Gasteiger partial charge on any atom is 0.460 e. The Morgan fingerprint density at radius 3 is 1.81 bits per heavy atom. The molecule has 0 aliphatic rings. The Bertz CT molecular complexity index is 620. The lowest BCUT2D eigenvalue weighted by Crippen LogP contribution is -2.62. The van der Waals surface area contributed by atoms with Crippen LogP contribution in [-0.4, -0.2) is 29.1 Å². The zero-order valence-corrected chi connectivity index (χ0v) is 13.8. The van der Waals surface area contributed by atoms with E-state index in [0.717, 1.165) is 6.07 Å². The maximum atomic E-state index is 13.8. The molecule has 0 saturated carbocycles. The van der Waals surface area contributed by atoms with E-state index in [2.05, 4.69) is 0 Å². The van der Waals surface area contributed by atoms with Gasteiger partial charge in [0.2, 0.25) is 0 Å². The molecular formula is C16H17F9O. The number of aryl methyl sites for hydroxylation is 1. The molecule has 0 heterocycles. The van der Waals surface area contributed by atoms with Gasteiger partial charge in [-0.15, -0.1) is 0 Å². The second-order valence-electron chi connectivity index (χ2n) is 6.21. The van der Waals surface area contributed by atoms with Gasteiger partial charge in [0.1, 0.15) is 0 Å². The summed E-state index contributed by atoms with van der Waals surface area (Å²) in [5.74, 6) is -19.6. The van der Waals surface area contributed by atoms with Crippen molar-refractivity contribution >= 4 is 0 Å². The summed E-state index contributed by atoms with van der Waals surface area (Å²) in [6, 6.07) is 5.31. The molecule has 1 aromatic carbocycles. The first-order valence-corrected chi connectivity index (χ1v) is 7.52. The lowest BCUT2D eigenvalue weighted by atomic mass is 9.83. The maximum absolute atomic E-state index is 13.8. The molecule has 0 aromatic heterocycles. The molecule has 1 N–H and O–H groups in total. The van der Waals surface area contributed by atoms with E-state index in [1.807, 2.05) is 0 Å². The minimum absolute atomic E-state index is 0.243. The number of alkyl halides is 9. The van der Waals surface area contributed by atoms with E-state index in [9.17, 15) is 44.6 Å². The second-order valence-corrected chi connectivity index (χ2v) is 6.21. The van der Waals surface area contributed by atoms with Crippen molar-refractivity contribution in [2.75, 3.05) is 0 Å². The highest BCUT2D eigenvalue weighted by molar-refractivity contribution is 5.32. The van der Waals surface area contributed by atoms with Crippen LogP contribution in [0.3, 0.4) is 0 Å². The summed E-state index contributed by atoms with van der Waals surface area (Å²) in [6.45, 7) is 2.37. The number of aliphatic hydroxyl groups is 1. The number of hydrogen-bond acceptors (Lipinski definition) is 1. The Labute approximate surface area is 143 Å². The molecule has 0 fully saturated rings. The predicted octanol–water partition coefficient (Wildman–Crippen LogP) is 5.70. The number of hydrogen-bond donors (Lipinski definition) is 1. The SMILES string of the molecule is CCCc1ccccc1C(C)(O)CC(F)(F)C(F)(F)C(F)(F)C(F)(F)F. The summed E-state index contributed by atoms with van der Waals surface area (Å²) < 4.78 is 117. The highest BCUT2D eigenvalue weighted by Crippen LogP contribution is 2.55. The smallest absolute Gasteiger partial charge is 0.385 e.